The summed E-state index contributed by atoms with van der Waals surface area (Å²) in [5.41, 5.74) is 0. The molecule has 0 aliphatic heterocycles. The van der Waals surface area contributed by atoms with E-state index in [1.807, 2.05) is 0 Å². The molecule has 0 unspecified atom stereocenters. The van der Waals surface area contributed by atoms with Crippen LogP contribution in [0.5, 0.6) is 0 Å². The quantitative estimate of drug-likeness (QED) is 0.101. The normalized spacial score (nSPS) is 4.91. The first-order chi connectivity index (χ1) is 13.9. The summed E-state index contributed by atoms with van der Waals surface area (Å²) in [5, 5.41) is 176. The molecular formula is H41B8KO34Sr. The van der Waals surface area contributed by atoms with Crippen LogP contribution in [-0.2, 0) is 0 Å². The van der Waals surface area contributed by atoms with Crippen LogP contribution in [0.2, 0.25) is 0 Å². The van der Waals surface area contributed by atoms with Gasteiger partial charge in [0.1, 0.15) is 0 Å². The predicted octanol–water partition coefficient (Wildman–Crippen LogP) is -29.9. The molecule has 272 valence electrons. The van der Waals surface area contributed by atoms with Gasteiger partial charge in [-0.25, -0.2) is 0 Å². The van der Waals surface area contributed by atoms with Gasteiger partial charge in [-0.2, -0.15) is 0 Å². The van der Waals surface area contributed by atoms with Crippen LogP contribution >= 0.6 is 0 Å². The van der Waals surface area contributed by atoms with Gasteiger partial charge in [-0.1, -0.05) is 0 Å². The minimum atomic E-state index is -2.92. The van der Waals surface area contributed by atoms with E-state index in [1.54, 1.807) is 0 Å². The van der Waals surface area contributed by atoms with Crippen molar-refractivity contribution >= 4 is 104 Å². The standard InChI is InChI=1S/7BH3O3.BO3.K.10H2O.Sr/c8*2-1(3)4;;;;;;;;;;;;/h7*2-4H;;;10*1H2;/q;;;;;;;-3;+1;;;;;;;;;;;+2. The summed E-state index contributed by atoms with van der Waals surface area (Å²) >= 11 is 0. The molecule has 0 aromatic carbocycles. The Hall–Kier alpha value is 2.28. The zero-order valence-corrected chi connectivity index (χ0v) is 28.5. The van der Waals surface area contributed by atoms with E-state index in [-0.39, 0.29) is 152 Å². The molecule has 0 spiro atoms. The molecule has 0 aliphatic rings. The van der Waals surface area contributed by atoms with Crippen molar-refractivity contribution in [2.24, 2.45) is 0 Å². The molecule has 0 saturated carbocycles. The molecule has 0 atom stereocenters. The van der Waals surface area contributed by atoms with Gasteiger partial charge >= 0.3 is 148 Å². The zero-order chi connectivity index (χ0) is 28.6. The van der Waals surface area contributed by atoms with Gasteiger partial charge < -0.3 is 175 Å². The first-order valence-electron chi connectivity index (χ1n) is 6.13. The van der Waals surface area contributed by atoms with Crippen molar-refractivity contribution < 1.29 is 227 Å². The van der Waals surface area contributed by atoms with Crippen molar-refractivity contribution in [2.75, 3.05) is 0 Å². The van der Waals surface area contributed by atoms with E-state index in [4.69, 9.17) is 121 Å². The summed E-state index contributed by atoms with van der Waals surface area (Å²) in [4.78, 5) is 0. The number of hydrogen-bond donors (Lipinski definition) is 21. The van der Waals surface area contributed by atoms with Crippen molar-refractivity contribution in [1.82, 2.24) is 0 Å². The molecule has 0 aliphatic carbocycles. The molecule has 0 amide bonds. The maximum absolute atomic E-state index is 8.42. The Balaban J connectivity index is -0.00000000800. The second-order valence-electron chi connectivity index (χ2n) is 2.71. The molecule has 0 aromatic heterocycles. The van der Waals surface area contributed by atoms with E-state index in [9.17, 15) is 0 Å². The Morgan fingerprint density at radius 3 is 0.227 bits per heavy atom. The molecule has 0 radical (unpaired) electrons. The van der Waals surface area contributed by atoms with Gasteiger partial charge in [-0.05, 0) is 0 Å². The van der Waals surface area contributed by atoms with Crippen LogP contribution in [0.15, 0.2) is 0 Å². The van der Waals surface area contributed by atoms with E-state index < -0.39 is 58.6 Å². The van der Waals surface area contributed by atoms with Gasteiger partial charge in [0.2, 0.25) is 0 Å². The second-order valence-corrected chi connectivity index (χ2v) is 2.71. The monoisotopic (exact) mass is 800 g/mol. The Morgan fingerprint density at radius 2 is 0.227 bits per heavy atom. The third-order valence-corrected chi connectivity index (χ3v) is 0. The first kappa shape index (κ1) is 137. The minimum absolute atomic E-state index is 0. The molecule has 0 aromatic rings. The van der Waals surface area contributed by atoms with Crippen molar-refractivity contribution in [2.45, 2.75) is 0 Å². The van der Waals surface area contributed by atoms with Gasteiger partial charge in [0.25, 0.3) is 0 Å². The first-order valence-corrected chi connectivity index (χ1v) is 6.13. The topological polar surface area (TPSA) is 809 Å². The summed E-state index contributed by atoms with van der Waals surface area (Å²) in [6.45, 7) is 0. The van der Waals surface area contributed by atoms with E-state index in [1.165, 1.54) is 0 Å². The molecular weight excluding hydrogens is 757 g/mol. The molecule has 44 heavy (non-hydrogen) atoms. The number of hydrogen-bond acceptors (Lipinski definition) is 24. The van der Waals surface area contributed by atoms with Gasteiger partial charge in [0.05, 0.1) is 0 Å². The van der Waals surface area contributed by atoms with Crippen LogP contribution < -0.4 is 66.5 Å². The van der Waals surface area contributed by atoms with E-state index in [0.717, 1.165) is 0 Å². The van der Waals surface area contributed by atoms with Crippen molar-refractivity contribution in [3.8, 4) is 0 Å². The smallest absolute Gasteiger partial charge is 0.907 e. The van der Waals surface area contributed by atoms with Crippen molar-refractivity contribution in [1.29, 1.82) is 0 Å². The van der Waals surface area contributed by atoms with Crippen molar-refractivity contribution in [3.05, 3.63) is 0 Å². The molecule has 0 bridgehead atoms. The fourth-order valence-electron chi connectivity index (χ4n) is 0. The number of rotatable bonds is 0. The van der Waals surface area contributed by atoms with Gasteiger partial charge in [-0.15, -0.1) is 0 Å². The van der Waals surface area contributed by atoms with Crippen LogP contribution in [0.1, 0.15) is 0 Å². The Morgan fingerprint density at radius 1 is 0.227 bits per heavy atom. The van der Waals surface area contributed by atoms with E-state index in [2.05, 4.69) is 0 Å². The summed E-state index contributed by atoms with van der Waals surface area (Å²) in [6.07, 6.45) is 0. The molecule has 0 fully saturated rings. The average molecular weight is 799 g/mol. The Kier molecular flexibility index (Phi) is 401. The fraction of sp³-hybridized carbons (Fsp3) is 0. The summed E-state index contributed by atoms with van der Waals surface area (Å²) in [5.74, 6) is 0. The van der Waals surface area contributed by atoms with Gasteiger partial charge in [0, 0.05) is 0 Å². The maximum atomic E-state index is 8.42. The Bertz CT molecular complexity index is 153. The van der Waals surface area contributed by atoms with Crippen molar-refractivity contribution in [3.63, 3.8) is 0 Å². The third-order valence-electron chi connectivity index (χ3n) is 0. The zero-order valence-electron chi connectivity index (χ0n) is 21.9. The van der Waals surface area contributed by atoms with E-state index >= 15 is 0 Å². The summed E-state index contributed by atoms with van der Waals surface area (Å²) in [7, 11) is -18.1. The summed E-state index contributed by atoms with van der Waals surface area (Å²) < 4.78 is 0. The van der Waals surface area contributed by atoms with Crippen LogP contribution in [0.4, 0.5) is 0 Å². The summed E-state index contributed by atoms with van der Waals surface area (Å²) in [6, 6.07) is 0. The molecule has 34 nitrogen and oxygen atoms in total. The van der Waals surface area contributed by atoms with E-state index in [0.29, 0.717) is 0 Å². The average Bonchev–Trinajstić information content (AvgIpc) is 2.30. The fourth-order valence-corrected chi connectivity index (χ4v) is 0. The molecule has 41 N–H and O–H groups in total. The van der Waals surface area contributed by atoms with Gasteiger partial charge in [-0.3, -0.25) is 7.32 Å². The van der Waals surface area contributed by atoms with Crippen LogP contribution in [-0.4, -0.2) is 264 Å². The molecule has 0 saturated heterocycles. The van der Waals surface area contributed by atoms with Crippen LogP contribution in [0.25, 0.3) is 0 Å². The largest absolute Gasteiger partial charge is 2.00 e. The predicted molar refractivity (Wildman–Crippen MR) is 135 cm³/mol. The SMILES string of the molecule is O.O.O.O.O.O.O.O.O.O.OB(O)O.OB(O)O.OB(O)O.OB(O)O.OB(O)O.OB(O)O.OB(O)O.[K+].[O-]B([O-])[O-].[Sr+2]. The molecule has 0 rings (SSSR count). The second kappa shape index (κ2) is 129. The van der Waals surface area contributed by atoms with Gasteiger partial charge in [0.15, 0.2) is 0 Å². The van der Waals surface area contributed by atoms with Crippen LogP contribution in [0.3, 0.4) is 0 Å². The minimum Gasteiger partial charge on any atom is -0.907 e. The molecule has 0 heterocycles. The Labute approximate surface area is 327 Å². The van der Waals surface area contributed by atoms with Crippen LogP contribution in [0, 0.1) is 0 Å². The molecule has 44 heteroatoms. The maximum Gasteiger partial charge on any atom is 2.00 e. The third kappa shape index (κ3) is 16000.